The van der Waals surface area contributed by atoms with E-state index in [4.69, 9.17) is 0 Å². The number of nitrogens with zero attached hydrogens (tertiary/aromatic N) is 3. The summed E-state index contributed by atoms with van der Waals surface area (Å²) in [5.74, 6) is 0. The molecule has 0 amide bonds. The summed E-state index contributed by atoms with van der Waals surface area (Å²) in [7, 11) is 0. The van der Waals surface area contributed by atoms with Crippen LogP contribution in [0.5, 0.6) is 0 Å². The summed E-state index contributed by atoms with van der Waals surface area (Å²) in [4.78, 5) is 4.44. The van der Waals surface area contributed by atoms with Gasteiger partial charge in [-0.15, -0.1) is 11.3 Å². The minimum Gasteiger partial charge on any atom is -0.306 e. The maximum atomic E-state index is 4.44. The van der Waals surface area contributed by atoms with Gasteiger partial charge >= 0.3 is 0 Å². The van der Waals surface area contributed by atoms with Crippen LogP contribution in [0.15, 0.2) is 23.8 Å². The zero-order valence-electron chi connectivity index (χ0n) is 10.4. The van der Waals surface area contributed by atoms with Gasteiger partial charge in [-0.25, -0.2) is 4.98 Å². The van der Waals surface area contributed by atoms with Gasteiger partial charge in [0.05, 0.1) is 16.7 Å². The predicted octanol–water partition coefficient (Wildman–Crippen LogP) is 2.39. The van der Waals surface area contributed by atoms with Crippen LogP contribution < -0.4 is 5.32 Å². The molecule has 0 aromatic carbocycles. The van der Waals surface area contributed by atoms with Crippen molar-refractivity contribution in [3.63, 3.8) is 0 Å². The molecule has 0 spiro atoms. The van der Waals surface area contributed by atoms with E-state index in [1.54, 1.807) is 11.3 Å². The third kappa shape index (κ3) is 3.14. The van der Waals surface area contributed by atoms with Gasteiger partial charge < -0.3 is 5.32 Å². The fourth-order valence-corrected chi connectivity index (χ4v) is 2.29. The van der Waals surface area contributed by atoms with Gasteiger partial charge in [0.15, 0.2) is 0 Å². The number of hydrogen-bond donors (Lipinski definition) is 1. The second-order valence-electron chi connectivity index (χ2n) is 4.25. The van der Waals surface area contributed by atoms with Gasteiger partial charge in [-0.1, -0.05) is 0 Å². The molecule has 0 bridgehead atoms. The predicted molar refractivity (Wildman–Crippen MR) is 70.1 cm³/mol. The first kappa shape index (κ1) is 12.3. The first-order chi connectivity index (χ1) is 8.16. The van der Waals surface area contributed by atoms with Crippen LogP contribution in [0.2, 0.25) is 0 Å². The third-order valence-corrected chi connectivity index (χ3v) is 3.76. The molecular formula is C12H18N4S. The number of nitrogens with one attached hydrogen (secondary N) is 1. The first-order valence-electron chi connectivity index (χ1n) is 5.80. The number of thiazole rings is 1. The average Bonchev–Trinajstić information content (AvgIpc) is 2.95. The lowest BCUT2D eigenvalue weighted by atomic mass is 10.2. The molecule has 0 aliphatic heterocycles. The van der Waals surface area contributed by atoms with Crippen LogP contribution in [0.3, 0.4) is 0 Å². The molecule has 5 heteroatoms. The summed E-state index contributed by atoms with van der Waals surface area (Å²) in [5.41, 5.74) is 1.12. The summed E-state index contributed by atoms with van der Waals surface area (Å²) >= 11 is 1.69. The second kappa shape index (κ2) is 5.42. The zero-order chi connectivity index (χ0) is 12.3. The van der Waals surface area contributed by atoms with Crippen molar-refractivity contribution in [1.29, 1.82) is 0 Å². The highest BCUT2D eigenvalue weighted by molar-refractivity contribution is 7.09. The van der Waals surface area contributed by atoms with Gasteiger partial charge in [-0.2, -0.15) is 5.10 Å². The van der Waals surface area contributed by atoms with Crippen LogP contribution in [-0.2, 0) is 6.54 Å². The molecule has 2 heterocycles. The number of aryl methyl sites for hydroxylation is 1. The normalized spacial score (nSPS) is 14.8. The Morgan fingerprint density at radius 3 is 2.88 bits per heavy atom. The van der Waals surface area contributed by atoms with E-state index in [0.29, 0.717) is 12.1 Å². The van der Waals surface area contributed by atoms with Gasteiger partial charge in [-0.3, -0.25) is 4.68 Å². The van der Waals surface area contributed by atoms with E-state index in [1.807, 2.05) is 30.1 Å². The summed E-state index contributed by atoms with van der Waals surface area (Å²) in [6.07, 6.45) is 3.81. The zero-order valence-corrected chi connectivity index (χ0v) is 11.2. The van der Waals surface area contributed by atoms with E-state index >= 15 is 0 Å². The summed E-state index contributed by atoms with van der Waals surface area (Å²) in [6, 6.07) is 2.65. The van der Waals surface area contributed by atoms with Gasteiger partial charge in [0, 0.05) is 30.4 Å². The second-order valence-corrected chi connectivity index (χ2v) is 5.32. The maximum absolute atomic E-state index is 4.44. The largest absolute Gasteiger partial charge is 0.306 e. The van der Waals surface area contributed by atoms with Crippen molar-refractivity contribution in [2.45, 2.75) is 39.4 Å². The molecule has 4 nitrogen and oxygen atoms in total. The molecule has 2 aromatic heterocycles. The van der Waals surface area contributed by atoms with E-state index in [0.717, 1.165) is 17.2 Å². The monoisotopic (exact) mass is 250 g/mol. The smallest absolute Gasteiger partial charge is 0.0897 e. The lowest BCUT2D eigenvalue weighted by Crippen LogP contribution is -2.33. The minimum atomic E-state index is 0.338. The summed E-state index contributed by atoms with van der Waals surface area (Å²) in [6.45, 7) is 7.18. The Morgan fingerprint density at radius 1 is 1.47 bits per heavy atom. The van der Waals surface area contributed by atoms with Crippen molar-refractivity contribution in [3.05, 3.63) is 34.5 Å². The Balaban J connectivity index is 1.87. The molecule has 0 aliphatic carbocycles. The first-order valence-corrected chi connectivity index (χ1v) is 6.68. The van der Waals surface area contributed by atoms with E-state index in [9.17, 15) is 0 Å². The highest BCUT2D eigenvalue weighted by Crippen LogP contribution is 2.11. The molecule has 0 fully saturated rings. The highest BCUT2D eigenvalue weighted by Gasteiger charge is 2.13. The van der Waals surface area contributed by atoms with Crippen LogP contribution in [0.4, 0.5) is 0 Å². The lowest BCUT2D eigenvalue weighted by Gasteiger charge is -2.21. The van der Waals surface area contributed by atoms with Gasteiger partial charge in [0.25, 0.3) is 0 Å². The Kier molecular flexibility index (Phi) is 3.91. The van der Waals surface area contributed by atoms with Crippen LogP contribution in [-0.4, -0.2) is 20.8 Å². The molecule has 0 saturated heterocycles. The van der Waals surface area contributed by atoms with Crippen LogP contribution in [0, 0.1) is 6.92 Å². The van der Waals surface area contributed by atoms with Crippen molar-refractivity contribution in [2.75, 3.05) is 0 Å². The van der Waals surface area contributed by atoms with Crippen LogP contribution in [0.1, 0.15) is 30.6 Å². The van der Waals surface area contributed by atoms with Crippen molar-refractivity contribution < 1.29 is 0 Å². The average molecular weight is 250 g/mol. The van der Waals surface area contributed by atoms with Crippen molar-refractivity contribution in [1.82, 2.24) is 20.1 Å². The fraction of sp³-hybridized carbons (Fsp3) is 0.500. The van der Waals surface area contributed by atoms with Gasteiger partial charge in [0.2, 0.25) is 0 Å². The molecule has 0 radical (unpaired) electrons. The molecule has 2 atom stereocenters. The summed E-state index contributed by atoms with van der Waals surface area (Å²) in [5, 5.41) is 11.0. The van der Waals surface area contributed by atoms with E-state index in [-0.39, 0.29) is 0 Å². The van der Waals surface area contributed by atoms with Crippen LogP contribution >= 0.6 is 11.3 Å². The number of aromatic nitrogens is 3. The quantitative estimate of drug-likeness (QED) is 0.886. The molecule has 1 N–H and O–H groups in total. The Hall–Kier alpha value is -1.20. The molecule has 17 heavy (non-hydrogen) atoms. The molecule has 0 unspecified atom stereocenters. The Bertz CT molecular complexity index is 449. The van der Waals surface area contributed by atoms with Crippen molar-refractivity contribution >= 4 is 11.3 Å². The van der Waals surface area contributed by atoms with Crippen molar-refractivity contribution in [3.8, 4) is 0 Å². The van der Waals surface area contributed by atoms with Crippen molar-refractivity contribution in [2.24, 2.45) is 0 Å². The maximum Gasteiger partial charge on any atom is 0.0897 e. The van der Waals surface area contributed by atoms with Crippen LogP contribution in [0.25, 0.3) is 0 Å². The summed E-state index contributed by atoms with van der Waals surface area (Å²) < 4.78 is 1.98. The molecule has 92 valence electrons. The molecule has 0 saturated carbocycles. The Morgan fingerprint density at radius 2 is 2.29 bits per heavy atom. The van der Waals surface area contributed by atoms with Gasteiger partial charge in [0.1, 0.15) is 0 Å². The molecule has 2 aromatic rings. The Labute approximate surface area is 106 Å². The van der Waals surface area contributed by atoms with E-state index < -0.39 is 0 Å². The molecule has 2 rings (SSSR count). The molecular weight excluding hydrogens is 232 g/mol. The van der Waals surface area contributed by atoms with E-state index in [1.165, 1.54) is 0 Å². The number of hydrogen-bond acceptors (Lipinski definition) is 4. The lowest BCUT2D eigenvalue weighted by molar-refractivity contribution is 0.364. The minimum absolute atomic E-state index is 0.338. The SMILES string of the molecule is Cc1nc(CN[C@H](C)[C@H](C)n2cccn2)cs1. The molecule has 0 aliphatic rings. The van der Waals surface area contributed by atoms with Gasteiger partial charge in [-0.05, 0) is 26.8 Å². The third-order valence-electron chi connectivity index (χ3n) is 2.94. The number of rotatable bonds is 5. The fourth-order valence-electron chi connectivity index (χ4n) is 1.68. The topological polar surface area (TPSA) is 42.7 Å². The standard InChI is InChI=1S/C12H18N4S/c1-9(10(2)16-6-4-5-14-16)13-7-12-8-17-11(3)15-12/h4-6,8-10,13H,7H2,1-3H3/t9-,10+/m1/s1. The van der Waals surface area contributed by atoms with E-state index in [2.05, 4.69) is 34.6 Å². The highest BCUT2D eigenvalue weighted by atomic mass is 32.1.